The number of carbonyl (C=O) groups excluding carboxylic acids is 1. The van der Waals surface area contributed by atoms with Gasteiger partial charge in [0.2, 0.25) is 5.91 Å². The third-order valence-corrected chi connectivity index (χ3v) is 5.11. The average Bonchev–Trinajstić information content (AvgIpc) is 3.06. The van der Waals surface area contributed by atoms with Crippen molar-refractivity contribution in [2.45, 2.75) is 39.5 Å². The fraction of sp³-hybridized carbons (Fsp3) is 0.364. The Morgan fingerprint density at radius 3 is 2.59 bits per heavy atom. The maximum absolute atomic E-state index is 11.9. The highest BCUT2D eigenvalue weighted by Crippen LogP contribution is 2.27. The number of hydrogen-bond donors (Lipinski definition) is 2. The summed E-state index contributed by atoms with van der Waals surface area (Å²) in [6.45, 7) is 5.78. The van der Waals surface area contributed by atoms with Crippen LogP contribution in [0.3, 0.4) is 0 Å². The van der Waals surface area contributed by atoms with Gasteiger partial charge >= 0.3 is 0 Å². The summed E-state index contributed by atoms with van der Waals surface area (Å²) in [5.41, 5.74) is 5.66. The van der Waals surface area contributed by atoms with Crippen molar-refractivity contribution in [3.63, 3.8) is 0 Å². The van der Waals surface area contributed by atoms with Gasteiger partial charge in [0.25, 0.3) is 0 Å². The van der Waals surface area contributed by atoms with Crippen molar-refractivity contribution in [3.05, 3.63) is 59.2 Å². The highest BCUT2D eigenvalue weighted by atomic mass is 32.1. The van der Waals surface area contributed by atoms with Gasteiger partial charge in [0.15, 0.2) is 5.11 Å². The molecule has 5 heteroatoms. The van der Waals surface area contributed by atoms with Crippen LogP contribution >= 0.6 is 12.2 Å². The van der Waals surface area contributed by atoms with Crippen LogP contribution in [0.15, 0.2) is 42.5 Å². The fourth-order valence-electron chi connectivity index (χ4n) is 3.36. The van der Waals surface area contributed by atoms with Crippen LogP contribution in [0.25, 0.3) is 0 Å². The second-order valence-electron chi connectivity index (χ2n) is 7.12. The minimum atomic E-state index is 0.213. The zero-order valence-corrected chi connectivity index (χ0v) is 16.9. The van der Waals surface area contributed by atoms with Crippen molar-refractivity contribution in [2.75, 3.05) is 23.3 Å². The standard InChI is InChI=1S/C22H27N3OS/c1-16-7-9-18(10-8-16)5-3-13-23-22(27)24-19-11-12-20(17(2)15-19)25-14-4-6-21(25)26/h7-12,15H,3-6,13-14H2,1-2H3,(H2,23,24,27). The van der Waals surface area contributed by atoms with Gasteiger partial charge in [-0.2, -0.15) is 0 Å². The van der Waals surface area contributed by atoms with Crippen molar-refractivity contribution in [1.29, 1.82) is 0 Å². The number of hydrogen-bond acceptors (Lipinski definition) is 2. The second-order valence-corrected chi connectivity index (χ2v) is 7.53. The number of benzene rings is 2. The minimum Gasteiger partial charge on any atom is -0.362 e. The summed E-state index contributed by atoms with van der Waals surface area (Å²) in [5.74, 6) is 0.213. The van der Waals surface area contributed by atoms with E-state index in [4.69, 9.17) is 12.2 Å². The van der Waals surface area contributed by atoms with Crippen LogP contribution in [-0.2, 0) is 11.2 Å². The number of nitrogens with one attached hydrogen (secondary N) is 2. The molecule has 0 unspecified atom stereocenters. The third-order valence-electron chi connectivity index (χ3n) is 4.87. The number of nitrogens with zero attached hydrogens (tertiary/aromatic N) is 1. The van der Waals surface area contributed by atoms with Crippen LogP contribution in [0.4, 0.5) is 11.4 Å². The van der Waals surface area contributed by atoms with Crippen LogP contribution < -0.4 is 15.5 Å². The molecule has 0 aliphatic carbocycles. The van der Waals surface area contributed by atoms with Crippen LogP contribution in [0, 0.1) is 13.8 Å². The monoisotopic (exact) mass is 381 g/mol. The average molecular weight is 382 g/mol. The molecule has 0 saturated carbocycles. The lowest BCUT2D eigenvalue weighted by Crippen LogP contribution is -2.29. The maximum Gasteiger partial charge on any atom is 0.227 e. The molecule has 1 fully saturated rings. The molecule has 2 aromatic carbocycles. The quantitative estimate of drug-likeness (QED) is 0.577. The van der Waals surface area contributed by atoms with Crippen molar-refractivity contribution in [3.8, 4) is 0 Å². The summed E-state index contributed by atoms with van der Waals surface area (Å²) in [5, 5.41) is 7.13. The Hall–Kier alpha value is -2.40. The molecular weight excluding hydrogens is 354 g/mol. The highest BCUT2D eigenvalue weighted by molar-refractivity contribution is 7.80. The first kappa shape index (κ1) is 19.4. The first-order valence-electron chi connectivity index (χ1n) is 9.54. The first-order valence-corrected chi connectivity index (χ1v) is 9.95. The SMILES string of the molecule is Cc1ccc(CCCNC(=S)Nc2ccc(N3CCCC3=O)c(C)c2)cc1. The van der Waals surface area contributed by atoms with E-state index in [-0.39, 0.29) is 5.91 Å². The molecule has 0 aromatic heterocycles. The molecule has 3 rings (SSSR count). The van der Waals surface area contributed by atoms with E-state index in [0.717, 1.165) is 49.3 Å². The topological polar surface area (TPSA) is 44.4 Å². The van der Waals surface area contributed by atoms with Crippen molar-refractivity contribution in [1.82, 2.24) is 5.32 Å². The predicted molar refractivity (Wildman–Crippen MR) is 116 cm³/mol. The summed E-state index contributed by atoms with van der Waals surface area (Å²) in [4.78, 5) is 13.8. The van der Waals surface area contributed by atoms with Crippen LogP contribution in [0.2, 0.25) is 0 Å². The molecule has 2 N–H and O–H groups in total. The van der Waals surface area contributed by atoms with Gasteiger partial charge in [-0.15, -0.1) is 0 Å². The number of anilines is 2. The number of carbonyl (C=O) groups is 1. The normalized spacial score (nSPS) is 13.7. The van der Waals surface area contributed by atoms with Gasteiger partial charge in [-0.3, -0.25) is 4.79 Å². The van der Waals surface area contributed by atoms with Gasteiger partial charge < -0.3 is 15.5 Å². The summed E-state index contributed by atoms with van der Waals surface area (Å²) >= 11 is 5.40. The Morgan fingerprint density at radius 1 is 1.15 bits per heavy atom. The van der Waals surface area contributed by atoms with Gasteiger partial charge in [0.1, 0.15) is 0 Å². The number of thiocarbonyl (C=S) groups is 1. The van der Waals surface area contributed by atoms with E-state index in [1.807, 2.05) is 30.0 Å². The van der Waals surface area contributed by atoms with Gasteiger partial charge in [-0.1, -0.05) is 29.8 Å². The molecule has 0 spiro atoms. The first-order chi connectivity index (χ1) is 13.0. The van der Waals surface area contributed by atoms with Gasteiger partial charge in [0.05, 0.1) is 0 Å². The Balaban J connectivity index is 1.45. The van der Waals surface area contributed by atoms with Crippen molar-refractivity contribution >= 4 is 34.6 Å². The van der Waals surface area contributed by atoms with E-state index in [1.54, 1.807) is 0 Å². The van der Waals surface area contributed by atoms with E-state index in [0.29, 0.717) is 11.5 Å². The molecule has 0 radical (unpaired) electrons. The van der Waals surface area contributed by atoms with Crippen LogP contribution in [0.5, 0.6) is 0 Å². The zero-order valence-electron chi connectivity index (χ0n) is 16.0. The maximum atomic E-state index is 11.9. The number of rotatable bonds is 6. The van der Waals surface area contributed by atoms with E-state index in [1.165, 1.54) is 11.1 Å². The molecule has 27 heavy (non-hydrogen) atoms. The molecule has 2 aromatic rings. The fourth-order valence-corrected chi connectivity index (χ4v) is 3.58. The smallest absolute Gasteiger partial charge is 0.227 e. The summed E-state index contributed by atoms with van der Waals surface area (Å²) in [7, 11) is 0. The Morgan fingerprint density at radius 2 is 1.93 bits per heavy atom. The molecule has 0 bridgehead atoms. The Bertz CT molecular complexity index is 817. The van der Waals surface area contributed by atoms with Gasteiger partial charge in [-0.25, -0.2) is 0 Å². The predicted octanol–water partition coefficient (Wildman–Crippen LogP) is 4.35. The van der Waals surface area contributed by atoms with Crippen LogP contribution in [0.1, 0.15) is 36.0 Å². The molecule has 1 aliphatic heterocycles. The van der Waals surface area contributed by atoms with Crippen LogP contribution in [-0.4, -0.2) is 24.1 Å². The van der Waals surface area contributed by atoms with E-state index >= 15 is 0 Å². The molecule has 0 atom stereocenters. The Kier molecular flexibility index (Phi) is 6.45. The van der Waals surface area contributed by atoms with E-state index < -0.39 is 0 Å². The summed E-state index contributed by atoms with van der Waals surface area (Å²) in [6, 6.07) is 14.7. The minimum absolute atomic E-state index is 0.213. The third kappa shape index (κ3) is 5.30. The molecule has 4 nitrogen and oxygen atoms in total. The van der Waals surface area contributed by atoms with Gasteiger partial charge in [0, 0.05) is 30.9 Å². The molecular formula is C22H27N3OS. The lowest BCUT2D eigenvalue weighted by Gasteiger charge is -2.19. The molecule has 142 valence electrons. The van der Waals surface area contributed by atoms with Crippen molar-refractivity contribution < 1.29 is 4.79 Å². The lowest BCUT2D eigenvalue weighted by atomic mass is 10.1. The van der Waals surface area contributed by atoms with Gasteiger partial charge in [-0.05, 0) is 74.7 Å². The number of aryl methyl sites for hydroxylation is 3. The summed E-state index contributed by atoms with van der Waals surface area (Å²) in [6.07, 6.45) is 3.65. The number of amides is 1. The van der Waals surface area contributed by atoms with E-state index in [2.05, 4.69) is 41.8 Å². The highest BCUT2D eigenvalue weighted by Gasteiger charge is 2.22. The Labute approximate surface area is 167 Å². The lowest BCUT2D eigenvalue weighted by molar-refractivity contribution is -0.117. The molecule has 1 heterocycles. The van der Waals surface area contributed by atoms with E-state index in [9.17, 15) is 4.79 Å². The molecule has 1 saturated heterocycles. The second kappa shape index (κ2) is 9.00. The zero-order chi connectivity index (χ0) is 19.2. The molecule has 1 amide bonds. The molecule has 1 aliphatic rings. The van der Waals surface area contributed by atoms with Crippen molar-refractivity contribution in [2.24, 2.45) is 0 Å². The largest absolute Gasteiger partial charge is 0.362 e. The summed E-state index contributed by atoms with van der Waals surface area (Å²) < 4.78 is 0.